The molecule has 47 heavy (non-hydrogen) atoms. The summed E-state index contributed by atoms with van der Waals surface area (Å²) in [6.07, 6.45) is 12.4. The number of amides is 2. The second-order valence-corrected chi connectivity index (χ2v) is 13.7. The molecular weight excluding hydrogens is 601 g/mol. The fraction of sp³-hybridized carbons (Fsp3) is 0.588. The van der Waals surface area contributed by atoms with Gasteiger partial charge in [0.1, 0.15) is 17.9 Å². The molecule has 1 aromatic carbocycles. The van der Waals surface area contributed by atoms with Crippen LogP contribution in [0, 0.1) is 17.2 Å². The monoisotopic (exact) mass is 647 g/mol. The molecule has 2 saturated heterocycles. The zero-order valence-electron chi connectivity index (χ0n) is 27.6. The lowest BCUT2D eigenvalue weighted by molar-refractivity contribution is 0.0511. The van der Waals surface area contributed by atoms with Crippen LogP contribution in [0.4, 0.5) is 10.2 Å². The van der Waals surface area contributed by atoms with E-state index in [1.165, 1.54) is 37.4 Å². The molecule has 12 nitrogen and oxygen atoms in total. The van der Waals surface area contributed by atoms with Crippen molar-refractivity contribution in [1.82, 2.24) is 40.5 Å². The highest BCUT2D eigenvalue weighted by atomic mass is 19.1. The van der Waals surface area contributed by atoms with E-state index >= 15 is 0 Å². The van der Waals surface area contributed by atoms with Crippen molar-refractivity contribution >= 4 is 17.6 Å². The molecule has 4 heterocycles. The zero-order valence-corrected chi connectivity index (χ0v) is 27.6. The summed E-state index contributed by atoms with van der Waals surface area (Å²) < 4.78 is 20.5. The Morgan fingerprint density at radius 1 is 1.15 bits per heavy atom. The average molecular weight is 648 g/mol. The molecule has 6 rings (SSSR count). The molecule has 3 aliphatic rings. The van der Waals surface area contributed by atoms with E-state index < -0.39 is 5.82 Å². The molecule has 1 saturated carbocycles. The van der Waals surface area contributed by atoms with Gasteiger partial charge in [-0.3, -0.25) is 14.7 Å². The zero-order chi connectivity index (χ0) is 33.0. The highest BCUT2D eigenvalue weighted by Gasteiger charge is 2.39. The number of halogens is 1. The van der Waals surface area contributed by atoms with Gasteiger partial charge < -0.3 is 24.8 Å². The Bertz CT molecular complexity index is 1520. The number of aromatic amines is 1. The van der Waals surface area contributed by atoms with E-state index in [-0.39, 0.29) is 41.1 Å². The fourth-order valence-electron chi connectivity index (χ4n) is 7.57. The fourth-order valence-corrected chi connectivity index (χ4v) is 7.57. The van der Waals surface area contributed by atoms with Gasteiger partial charge in [-0.1, -0.05) is 0 Å². The van der Waals surface area contributed by atoms with Crippen molar-refractivity contribution in [3.8, 4) is 11.6 Å². The molecule has 1 atom stereocenters. The molecule has 13 heteroatoms. The average Bonchev–Trinajstić information content (AvgIpc) is 3.78. The number of rotatable bonds is 10. The molecule has 2 amide bonds. The van der Waals surface area contributed by atoms with Crippen molar-refractivity contribution in [2.75, 3.05) is 44.2 Å². The topological polar surface area (TPSA) is 132 Å². The number of benzene rings is 1. The van der Waals surface area contributed by atoms with Gasteiger partial charge >= 0.3 is 0 Å². The van der Waals surface area contributed by atoms with Crippen molar-refractivity contribution in [2.24, 2.45) is 11.3 Å². The van der Waals surface area contributed by atoms with Crippen molar-refractivity contribution in [1.29, 1.82) is 0 Å². The van der Waals surface area contributed by atoms with Crippen LogP contribution in [-0.2, 0) is 0 Å². The minimum absolute atomic E-state index is 0.0446. The van der Waals surface area contributed by atoms with Crippen LogP contribution in [0.1, 0.15) is 86.4 Å². The smallest absolute Gasteiger partial charge is 0.282 e. The van der Waals surface area contributed by atoms with Gasteiger partial charge in [-0.2, -0.15) is 5.10 Å². The first kappa shape index (κ1) is 32.8. The van der Waals surface area contributed by atoms with Crippen LogP contribution in [-0.4, -0.2) is 98.3 Å². The lowest BCUT2D eigenvalue weighted by atomic mass is 9.67. The molecule has 252 valence electrons. The third kappa shape index (κ3) is 7.55. The number of anilines is 1. The Hall–Kier alpha value is -4.13. The Morgan fingerprint density at radius 2 is 1.94 bits per heavy atom. The number of carbonyl (C=O) groups excluding carboxylic acids is 2. The van der Waals surface area contributed by atoms with Crippen LogP contribution in [0.5, 0.6) is 11.6 Å². The van der Waals surface area contributed by atoms with Crippen molar-refractivity contribution < 1.29 is 18.7 Å². The molecule has 2 aromatic heterocycles. The van der Waals surface area contributed by atoms with Crippen molar-refractivity contribution in [3.05, 3.63) is 53.9 Å². The number of hydrogen-bond donors (Lipinski definition) is 2. The van der Waals surface area contributed by atoms with Gasteiger partial charge in [0.05, 0.1) is 17.3 Å². The summed E-state index contributed by atoms with van der Waals surface area (Å²) in [4.78, 5) is 36.7. The van der Waals surface area contributed by atoms with E-state index in [9.17, 15) is 14.0 Å². The minimum atomic E-state index is -0.508. The van der Waals surface area contributed by atoms with Crippen molar-refractivity contribution in [2.45, 2.75) is 77.8 Å². The van der Waals surface area contributed by atoms with E-state index in [1.54, 1.807) is 17.3 Å². The van der Waals surface area contributed by atoms with E-state index in [0.29, 0.717) is 29.3 Å². The highest BCUT2D eigenvalue weighted by Crippen LogP contribution is 2.45. The molecule has 2 N–H and O–H groups in total. The van der Waals surface area contributed by atoms with E-state index in [1.807, 2.05) is 20.8 Å². The third-order valence-electron chi connectivity index (χ3n) is 10.3. The van der Waals surface area contributed by atoms with Crippen LogP contribution in [0.25, 0.3) is 0 Å². The number of likely N-dealkylation sites (tertiary alicyclic amines) is 1. The molecule has 1 spiro atoms. The van der Waals surface area contributed by atoms with Crippen molar-refractivity contribution in [3.63, 3.8) is 0 Å². The number of H-pyrrole nitrogens is 1. The van der Waals surface area contributed by atoms with Crippen LogP contribution in [0.15, 0.2) is 36.9 Å². The first-order chi connectivity index (χ1) is 22.7. The van der Waals surface area contributed by atoms with Gasteiger partial charge in [-0.05, 0) is 108 Å². The van der Waals surface area contributed by atoms with Gasteiger partial charge in [0.2, 0.25) is 0 Å². The minimum Gasteiger partial charge on any atom is -0.434 e. The number of ether oxygens (including phenoxy) is 1. The van der Waals surface area contributed by atoms with Crippen LogP contribution in [0.3, 0.4) is 0 Å². The summed E-state index contributed by atoms with van der Waals surface area (Å²) in [5, 5.41) is 18.0. The molecular formula is C34H46FN9O3. The maximum Gasteiger partial charge on any atom is 0.282 e. The molecule has 0 bridgehead atoms. The highest BCUT2D eigenvalue weighted by molar-refractivity contribution is 5.97. The Kier molecular flexibility index (Phi) is 10.00. The summed E-state index contributed by atoms with van der Waals surface area (Å²) in [5.41, 5.74) is 1.12. The summed E-state index contributed by atoms with van der Waals surface area (Å²) in [7, 11) is 0. The van der Waals surface area contributed by atoms with Gasteiger partial charge in [-0.25, -0.2) is 9.37 Å². The van der Waals surface area contributed by atoms with Crippen LogP contribution in [0.2, 0.25) is 0 Å². The lowest BCUT2D eigenvalue weighted by Gasteiger charge is -2.46. The molecule has 0 radical (unpaired) electrons. The Morgan fingerprint density at radius 3 is 2.64 bits per heavy atom. The third-order valence-corrected chi connectivity index (χ3v) is 10.3. The van der Waals surface area contributed by atoms with E-state index in [0.717, 1.165) is 64.8 Å². The van der Waals surface area contributed by atoms with E-state index in [2.05, 4.69) is 40.5 Å². The second-order valence-electron chi connectivity index (χ2n) is 13.7. The number of piperidine rings is 1. The van der Waals surface area contributed by atoms with Gasteiger partial charge in [0.25, 0.3) is 17.7 Å². The number of nitrogens with one attached hydrogen (secondary N) is 2. The lowest BCUT2D eigenvalue weighted by Crippen LogP contribution is -2.46. The van der Waals surface area contributed by atoms with Gasteiger partial charge in [-0.15, -0.1) is 10.2 Å². The maximum atomic E-state index is 14.3. The summed E-state index contributed by atoms with van der Waals surface area (Å²) >= 11 is 0. The molecule has 0 unspecified atom stereocenters. The number of hydrogen-bond acceptors (Lipinski definition) is 9. The predicted octanol–water partition coefficient (Wildman–Crippen LogP) is 4.68. The normalized spacial score (nSPS) is 20.1. The molecule has 1 aliphatic carbocycles. The van der Waals surface area contributed by atoms with Gasteiger partial charge in [0, 0.05) is 44.5 Å². The Labute approximate surface area is 275 Å². The number of carbonyl (C=O) groups is 2. The summed E-state index contributed by atoms with van der Waals surface area (Å²) in [6.45, 7) is 11.1. The first-order valence-electron chi connectivity index (χ1n) is 17.0. The summed E-state index contributed by atoms with van der Waals surface area (Å²) in [6, 6.07) is 4.15. The largest absolute Gasteiger partial charge is 0.434 e. The first-order valence-corrected chi connectivity index (χ1v) is 17.0. The standard InChI is InChI=1S/C34H46FN9O3/c1-4-44(23(2)3)33(46)28-17-26(35)5-6-29(28)47-32-30(36-22-39-41-32)43-14-9-24(21-43)20-42-15-12-34(13-16-42)10-7-27(8-11-34)40-31(45)25-18-37-38-19-25/h5-6,17-19,22-24,27H,4,7-16,20-21H2,1-3H3,(H,37,38)(H,40,45)/t24-/m0/s1. The molecule has 3 aromatic rings. The quantitative estimate of drug-likeness (QED) is 0.322. The van der Waals surface area contributed by atoms with Crippen LogP contribution >= 0.6 is 0 Å². The maximum absolute atomic E-state index is 14.3. The summed E-state index contributed by atoms with van der Waals surface area (Å²) in [5.74, 6) is 0.640. The van der Waals surface area contributed by atoms with E-state index in [4.69, 9.17) is 4.74 Å². The Balaban J connectivity index is 1.02. The van der Waals surface area contributed by atoms with Gasteiger partial charge in [0.15, 0.2) is 5.82 Å². The van der Waals surface area contributed by atoms with Crippen LogP contribution < -0.4 is 15.0 Å². The molecule has 3 fully saturated rings. The molecule has 2 aliphatic heterocycles. The SMILES string of the molecule is CCN(C(=O)c1cc(F)ccc1Oc1nncnc1N1CC[C@@H](CN2CCC3(CCC(NC(=O)c4cn[nH]c4)CC3)CC2)C1)C(C)C. The predicted molar refractivity (Wildman–Crippen MR) is 175 cm³/mol. The number of aromatic nitrogens is 5. The second kappa shape index (κ2) is 14.3. The number of nitrogens with zero attached hydrogens (tertiary/aromatic N) is 7.